The van der Waals surface area contributed by atoms with Crippen LogP contribution < -0.4 is 5.32 Å². The Morgan fingerprint density at radius 3 is 2.71 bits per heavy atom. The molecular weight excluding hydrogens is 289 g/mol. The van der Waals surface area contributed by atoms with E-state index >= 15 is 0 Å². The molecule has 0 spiro atoms. The maximum absolute atomic E-state index is 12.9. The minimum absolute atomic E-state index is 0.00496. The van der Waals surface area contributed by atoms with Crippen molar-refractivity contribution in [2.24, 2.45) is 5.92 Å². The minimum atomic E-state index is -0.249. The van der Waals surface area contributed by atoms with E-state index in [1.807, 2.05) is 18.2 Å². The van der Waals surface area contributed by atoms with E-state index in [0.717, 1.165) is 17.5 Å². The van der Waals surface area contributed by atoms with E-state index < -0.39 is 0 Å². The standard InChI is InChI=1S/C17H15ClFNO/c18-13-3-1-2-11(8-13)10-20-17(21)16-9-15(16)12-4-6-14(19)7-5-12/h1-8,15-16H,9-10H2,(H,20,21). The molecule has 1 saturated carbocycles. The van der Waals surface area contributed by atoms with Crippen molar-refractivity contribution < 1.29 is 9.18 Å². The highest BCUT2D eigenvalue weighted by Gasteiger charge is 2.43. The second-order valence-corrected chi connectivity index (χ2v) is 5.78. The van der Waals surface area contributed by atoms with Crippen LogP contribution in [-0.4, -0.2) is 5.91 Å². The normalized spacial score (nSPS) is 20.1. The molecule has 0 saturated heterocycles. The lowest BCUT2D eigenvalue weighted by atomic mass is 10.1. The molecule has 3 rings (SSSR count). The largest absolute Gasteiger partial charge is 0.352 e. The average Bonchev–Trinajstić information content (AvgIpc) is 3.26. The summed E-state index contributed by atoms with van der Waals surface area (Å²) in [5.41, 5.74) is 2.01. The number of nitrogens with one attached hydrogen (secondary N) is 1. The van der Waals surface area contributed by atoms with Crippen molar-refractivity contribution in [3.8, 4) is 0 Å². The van der Waals surface area contributed by atoms with Gasteiger partial charge in [0.15, 0.2) is 0 Å². The third-order valence-corrected chi connectivity index (χ3v) is 4.02. The van der Waals surface area contributed by atoms with E-state index in [9.17, 15) is 9.18 Å². The summed E-state index contributed by atoms with van der Waals surface area (Å²) in [7, 11) is 0. The number of carbonyl (C=O) groups is 1. The lowest BCUT2D eigenvalue weighted by Gasteiger charge is -2.06. The lowest BCUT2D eigenvalue weighted by molar-refractivity contribution is -0.122. The van der Waals surface area contributed by atoms with Crippen LogP contribution in [0.4, 0.5) is 4.39 Å². The Bertz CT molecular complexity index is 656. The van der Waals surface area contributed by atoms with E-state index in [0.29, 0.717) is 11.6 Å². The Balaban J connectivity index is 1.54. The summed E-state index contributed by atoms with van der Waals surface area (Å²) in [6, 6.07) is 13.8. The summed E-state index contributed by atoms with van der Waals surface area (Å²) >= 11 is 5.91. The molecule has 4 heteroatoms. The van der Waals surface area contributed by atoms with Gasteiger partial charge in [0.25, 0.3) is 0 Å². The van der Waals surface area contributed by atoms with Crippen LogP contribution >= 0.6 is 11.6 Å². The highest BCUT2D eigenvalue weighted by molar-refractivity contribution is 6.30. The smallest absolute Gasteiger partial charge is 0.224 e. The van der Waals surface area contributed by atoms with Crippen LogP contribution in [0, 0.1) is 11.7 Å². The van der Waals surface area contributed by atoms with Crippen LogP contribution in [0.3, 0.4) is 0 Å². The lowest BCUT2D eigenvalue weighted by Crippen LogP contribution is -2.24. The molecule has 1 aliphatic rings. The van der Waals surface area contributed by atoms with Crippen LogP contribution in [0.1, 0.15) is 23.5 Å². The monoisotopic (exact) mass is 303 g/mol. The molecule has 0 aromatic heterocycles. The van der Waals surface area contributed by atoms with Crippen molar-refractivity contribution >= 4 is 17.5 Å². The number of hydrogen-bond donors (Lipinski definition) is 1. The van der Waals surface area contributed by atoms with Gasteiger partial charge in [-0.2, -0.15) is 0 Å². The number of carbonyl (C=O) groups excluding carboxylic acids is 1. The van der Waals surface area contributed by atoms with Gasteiger partial charge in [-0.1, -0.05) is 35.9 Å². The molecule has 2 atom stereocenters. The SMILES string of the molecule is O=C(NCc1cccc(Cl)c1)C1CC1c1ccc(F)cc1. The van der Waals surface area contributed by atoms with Crippen molar-refractivity contribution in [1.82, 2.24) is 5.32 Å². The molecule has 21 heavy (non-hydrogen) atoms. The van der Waals surface area contributed by atoms with Gasteiger partial charge < -0.3 is 5.32 Å². The zero-order valence-electron chi connectivity index (χ0n) is 11.4. The second kappa shape index (κ2) is 5.86. The van der Waals surface area contributed by atoms with E-state index in [4.69, 9.17) is 11.6 Å². The molecule has 1 amide bonds. The van der Waals surface area contributed by atoms with Crippen LogP contribution in [0.2, 0.25) is 5.02 Å². The third kappa shape index (κ3) is 3.42. The van der Waals surface area contributed by atoms with Crippen LogP contribution in [0.25, 0.3) is 0 Å². The van der Waals surface area contributed by atoms with Crippen LogP contribution in [0.5, 0.6) is 0 Å². The van der Waals surface area contributed by atoms with Crippen LogP contribution in [-0.2, 0) is 11.3 Å². The maximum Gasteiger partial charge on any atom is 0.224 e. The van der Waals surface area contributed by atoms with Gasteiger partial charge >= 0.3 is 0 Å². The molecule has 1 aliphatic carbocycles. The molecule has 2 aromatic rings. The van der Waals surface area contributed by atoms with Gasteiger partial charge in [0.2, 0.25) is 5.91 Å². The van der Waals surface area contributed by atoms with Gasteiger partial charge in [0.1, 0.15) is 5.82 Å². The van der Waals surface area contributed by atoms with E-state index in [2.05, 4.69) is 5.32 Å². The first kappa shape index (κ1) is 14.1. The average molecular weight is 304 g/mol. The first-order valence-corrected chi connectivity index (χ1v) is 7.29. The number of benzene rings is 2. The molecule has 0 heterocycles. The molecule has 2 unspecified atom stereocenters. The molecule has 0 radical (unpaired) electrons. The topological polar surface area (TPSA) is 29.1 Å². The summed E-state index contributed by atoms with van der Waals surface area (Å²) in [5.74, 6) is 0.00488. The Kier molecular flexibility index (Phi) is 3.93. The van der Waals surface area contributed by atoms with Crippen LogP contribution in [0.15, 0.2) is 48.5 Å². The summed E-state index contributed by atoms with van der Waals surface area (Å²) in [6.45, 7) is 0.478. The maximum atomic E-state index is 12.9. The molecule has 2 aromatic carbocycles. The Labute approximate surface area is 127 Å². The number of hydrogen-bond acceptors (Lipinski definition) is 1. The van der Waals surface area contributed by atoms with Crippen molar-refractivity contribution in [3.63, 3.8) is 0 Å². The van der Waals surface area contributed by atoms with Crippen molar-refractivity contribution in [2.45, 2.75) is 18.9 Å². The Morgan fingerprint density at radius 1 is 1.24 bits per heavy atom. The van der Waals surface area contributed by atoms with Gasteiger partial charge in [-0.05, 0) is 47.7 Å². The molecule has 1 N–H and O–H groups in total. The predicted octanol–water partition coefficient (Wildman–Crippen LogP) is 3.90. The summed E-state index contributed by atoms with van der Waals surface area (Å²) in [6.07, 6.45) is 0.826. The Hall–Kier alpha value is -1.87. The number of rotatable bonds is 4. The third-order valence-electron chi connectivity index (χ3n) is 3.78. The fraction of sp³-hybridized carbons (Fsp3) is 0.235. The van der Waals surface area contributed by atoms with E-state index in [1.165, 1.54) is 12.1 Å². The van der Waals surface area contributed by atoms with Crippen molar-refractivity contribution in [2.75, 3.05) is 0 Å². The fourth-order valence-corrected chi connectivity index (χ4v) is 2.74. The highest BCUT2D eigenvalue weighted by Crippen LogP contribution is 2.47. The first-order chi connectivity index (χ1) is 10.1. The van der Waals surface area contributed by atoms with E-state index in [1.54, 1.807) is 18.2 Å². The predicted molar refractivity (Wildman–Crippen MR) is 80.5 cm³/mol. The summed E-state index contributed by atoms with van der Waals surface area (Å²) in [4.78, 5) is 12.1. The molecule has 0 aliphatic heterocycles. The Morgan fingerprint density at radius 2 is 2.00 bits per heavy atom. The fourth-order valence-electron chi connectivity index (χ4n) is 2.53. The molecular formula is C17H15ClFNO. The number of halogens is 2. The summed E-state index contributed by atoms with van der Waals surface area (Å²) < 4.78 is 12.9. The van der Waals surface area contributed by atoms with Gasteiger partial charge in [-0.3, -0.25) is 4.79 Å². The minimum Gasteiger partial charge on any atom is -0.352 e. The number of amides is 1. The van der Waals surface area contributed by atoms with E-state index in [-0.39, 0.29) is 23.6 Å². The zero-order valence-corrected chi connectivity index (χ0v) is 12.1. The molecule has 108 valence electrons. The molecule has 2 nitrogen and oxygen atoms in total. The van der Waals surface area contributed by atoms with Crippen molar-refractivity contribution in [1.29, 1.82) is 0 Å². The highest BCUT2D eigenvalue weighted by atomic mass is 35.5. The quantitative estimate of drug-likeness (QED) is 0.912. The van der Waals surface area contributed by atoms with Gasteiger partial charge in [0.05, 0.1) is 0 Å². The van der Waals surface area contributed by atoms with Gasteiger partial charge in [-0.15, -0.1) is 0 Å². The molecule has 0 bridgehead atoms. The van der Waals surface area contributed by atoms with Gasteiger partial charge in [-0.25, -0.2) is 4.39 Å². The van der Waals surface area contributed by atoms with Gasteiger partial charge in [0, 0.05) is 17.5 Å². The van der Waals surface area contributed by atoms with Crippen molar-refractivity contribution in [3.05, 3.63) is 70.5 Å². The zero-order chi connectivity index (χ0) is 14.8. The first-order valence-electron chi connectivity index (χ1n) is 6.91. The molecule has 1 fully saturated rings. The summed E-state index contributed by atoms with van der Waals surface area (Å²) in [5, 5.41) is 3.59. The second-order valence-electron chi connectivity index (χ2n) is 5.35.